The molecule has 0 aliphatic rings. The molecule has 0 aliphatic carbocycles. The van der Waals surface area contributed by atoms with Crippen LogP contribution in [0, 0.1) is 6.57 Å². The Morgan fingerprint density at radius 3 is 2.72 bits per heavy atom. The Morgan fingerprint density at radius 2 is 2.00 bits per heavy atom. The molecule has 144 valence electrons. The fourth-order valence-corrected chi connectivity index (χ4v) is 3.14. The maximum absolute atomic E-state index is 9.62. The number of halogens is 1. The van der Waals surface area contributed by atoms with Crippen molar-refractivity contribution >= 4 is 34.6 Å². The third kappa shape index (κ3) is 3.37. The predicted molar refractivity (Wildman–Crippen MR) is 110 cm³/mol. The number of nitrogens with two attached hydrogens (primary N) is 1. The molecule has 1 atom stereocenters. The summed E-state index contributed by atoms with van der Waals surface area (Å²) in [5, 5.41) is 17.8. The van der Waals surface area contributed by atoms with Gasteiger partial charge in [0, 0.05) is 11.1 Å². The highest BCUT2D eigenvalue weighted by atomic mass is 35.5. The van der Waals surface area contributed by atoms with Gasteiger partial charge in [-0.1, -0.05) is 11.6 Å². The minimum Gasteiger partial charge on any atom is -0.508 e. The van der Waals surface area contributed by atoms with Gasteiger partial charge in [-0.25, -0.2) is 24.3 Å². The van der Waals surface area contributed by atoms with Gasteiger partial charge >= 0.3 is 0 Å². The van der Waals surface area contributed by atoms with Crippen LogP contribution in [0.5, 0.6) is 5.75 Å². The van der Waals surface area contributed by atoms with Gasteiger partial charge < -0.3 is 16.2 Å². The van der Waals surface area contributed by atoms with Gasteiger partial charge in [0.2, 0.25) is 0 Å². The summed E-state index contributed by atoms with van der Waals surface area (Å²) in [6.45, 7) is 9.25. The van der Waals surface area contributed by atoms with Crippen molar-refractivity contribution in [1.82, 2.24) is 24.6 Å². The lowest BCUT2D eigenvalue weighted by atomic mass is 10.0. The van der Waals surface area contributed by atoms with Crippen LogP contribution in [0.2, 0.25) is 5.15 Å². The first-order chi connectivity index (χ1) is 14.0. The van der Waals surface area contributed by atoms with Crippen LogP contribution < -0.4 is 11.1 Å². The van der Waals surface area contributed by atoms with E-state index in [4.69, 9.17) is 23.9 Å². The zero-order chi connectivity index (χ0) is 20.5. The van der Waals surface area contributed by atoms with E-state index < -0.39 is 0 Å². The fourth-order valence-electron chi connectivity index (χ4n) is 2.97. The molecule has 4 N–H and O–H groups in total. The lowest BCUT2D eigenvalue weighted by Gasteiger charge is -2.19. The van der Waals surface area contributed by atoms with Crippen LogP contribution in [-0.2, 0) is 0 Å². The van der Waals surface area contributed by atoms with Crippen molar-refractivity contribution in [2.75, 3.05) is 11.1 Å². The Kier molecular flexibility index (Phi) is 4.62. The van der Waals surface area contributed by atoms with Gasteiger partial charge in [0.15, 0.2) is 10.8 Å². The molecule has 10 heteroatoms. The molecule has 0 amide bonds. The number of phenols is 1. The molecule has 1 aromatic carbocycles. The van der Waals surface area contributed by atoms with Crippen molar-refractivity contribution in [1.29, 1.82) is 0 Å². The minimum absolute atomic E-state index is 0.108. The van der Waals surface area contributed by atoms with E-state index in [2.05, 4.69) is 30.2 Å². The first-order valence-corrected chi connectivity index (χ1v) is 8.93. The van der Waals surface area contributed by atoms with Crippen molar-refractivity contribution in [3.63, 3.8) is 0 Å². The molecule has 3 aromatic heterocycles. The van der Waals surface area contributed by atoms with Crippen molar-refractivity contribution in [3.8, 4) is 17.0 Å². The number of nitrogens with zero attached hydrogens (tertiary/aromatic N) is 6. The quantitative estimate of drug-likeness (QED) is 0.440. The number of nitrogen functional groups attached to an aromatic ring is 1. The second kappa shape index (κ2) is 7.26. The van der Waals surface area contributed by atoms with Crippen LogP contribution in [0.15, 0.2) is 42.9 Å². The molecule has 0 unspecified atom stereocenters. The number of hydrogen-bond donors (Lipinski definition) is 3. The summed E-state index contributed by atoms with van der Waals surface area (Å²) in [5.74, 6) is 0.594. The normalized spacial score (nSPS) is 11.9. The molecule has 4 rings (SSSR count). The second-order valence-electron chi connectivity index (χ2n) is 6.28. The molecule has 9 nitrogen and oxygen atoms in total. The zero-order valence-electron chi connectivity index (χ0n) is 15.2. The maximum atomic E-state index is 9.62. The first kappa shape index (κ1) is 18.5. The first-order valence-electron chi connectivity index (χ1n) is 8.56. The van der Waals surface area contributed by atoms with Crippen LogP contribution >= 0.6 is 11.6 Å². The highest BCUT2D eigenvalue weighted by Gasteiger charge is 2.19. The summed E-state index contributed by atoms with van der Waals surface area (Å²) in [7, 11) is 0. The Balaban J connectivity index is 1.84. The van der Waals surface area contributed by atoms with E-state index in [1.54, 1.807) is 24.3 Å². The van der Waals surface area contributed by atoms with Crippen LogP contribution in [-0.4, -0.2) is 29.7 Å². The Morgan fingerprint density at radius 1 is 1.24 bits per heavy atom. The van der Waals surface area contributed by atoms with E-state index >= 15 is 0 Å². The van der Waals surface area contributed by atoms with Gasteiger partial charge in [-0.05, 0) is 37.3 Å². The number of imidazole rings is 1. The number of aromatic hydroxyl groups is 1. The minimum atomic E-state index is -0.304. The number of hydrogen-bond acceptors (Lipinski definition) is 7. The second-order valence-corrected chi connectivity index (χ2v) is 6.67. The van der Waals surface area contributed by atoms with Crippen LogP contribution in [0.4, 0.5) is 17.3 Å². The number of aromatic nitrogens is 5. The standard InChI is InChI=1S/C19H15ClN8O/c1-10(26-19-17(22-2)18(21)24-9-25-19)13-7-15-23-8-14(20)28(15)27-16(13)11-3-5-12(29)6-4-11/h3-10,29H,1H3,(H3,21,24,25,26)/t10-/m0/s1. The van der Waals surface area contributed by atoms with E-state index in [0.29, 0.717) is 22.3 Å². The van der Waals surface area contributed by atoms with Crippen molar-refractivity contribution in [2.45, 2.75) is 13.0 Å². The Hall–Kier alpha value is -3.90. The summed E-state index contributed by atoms with van der Waals surface area (Å²) in [6.07, 6.45) is 2.82. The van der Waals surface area contributed by atoms with Gasteiger partial charge in [0.05, 0.1) is 24.5 Å². The fraction of sp³-hybridized carbons (Fsp3) is 0.105. The number of fused-ring (bicyclic) bond motifs is 1. The molecule has 4 aromatic rings. The summed E-state index contributed by atoms with van der Waals surface area (Å²) in [4.78, 5) is 15.7. The SMILES string of the molecule is [C-]#[N+]c1c(N)ncnc1N[C@@H](C)c1cc2ncc(Cl)n2nc1-c1ccc(O)cc1. The molecular formula is C19H15ClN8O. The summed E-state index contributed by atoms with van der Waals surface area (Å²) < 4.78 is 1.53. The van der Waals surface area contributed by atoms with E-state index in [0.717, 1.165) is 11.1 Å². The highest BCUT2D eigenvalue weighted by Crippen LogP contribution is 2.34. The average molecular weight is 407 g/mol. The highest BCUT2D eigenvalue weighted by molar-refractivity contribution is 6.29. The molecule has 0 radical (unpaired) electrons. The predicted octanol–water partition coefficient (Wildman–Crippen LogP) is 3.85. The van der Waals surface area contributed by atoms with E-state index in [9.17, 15) is 5.11 Å². The lowest BCUT2D eigenvalue weighted by Crippen LogP contribution is -2.12. The molecule has 3 heterocycles. The van der Waals surface area contributed by atoms with Crippen molar-refractivity contribution < 1.29 is 5.11 Å². The van der Waals surface area contributed by atoms with E-state index in [-0.39, 0.29) is 23.3 Å². The molecule has 0 saturated heterocycles. The topological polar surface area (TPSA) is 119 Å². The molecule has 0 fully saturated rings. The number of rotatable bonds is 4. The maximum Gasteiger partial charge on any atom is 0.268 e. The Bertz CT molecular complexity index is 1250. The van der Waals surface area contributed by atoms with Gasteiger partial charge in [-0.3, -0.25) is 0 Å². The van der Waals surface area contributed by atoms with Crippen LogP contribution in [0.1, 0.15) is 18.5 Å². The summed E-state index contributed by atoms with van der Waals surface area (Å²) >= 11 is 6.19. The van der Waals surface area contributed by atoms with E-state index in [1.807, 2.05) is 13.0 Å². The van der Waals surface area contributed by atoms with Crippen molar-refractivity contribution in [3.05, 3.63) is 65.0 Å². The summed E-state index contributed by atoms with van der Waals surface area (Å²) in [5.41, 5.74) is 8.75. The average Bonchev–Trinajstić information content (AvgIpc) is 3.08. The molecule has 0 saturated carbocycles. The summed E-state index contributed by atoms with van der Waals surface area (Å²) in [6, 6.07) is 8.25. The molecule has 0 bridgehead atoms. The third-order valence-electron chi connectivity index (χ3n) is 4.40. The van der Waals surface area contributed by atoms with Crippen molar-refractivity contribution in [2.24, 2.45) is 0 Å². The zero-order valence-corrected chi connectivity index (χ0v) is 16.0. The lowest BCUT2D eigenvalue weighted by molar-refractivity contribution is 0.475. The number of anilines is 2. The Labute approximate surface area is 170 Å². The van der Waals surface area contributed by atoms with Gasteiger partial charge in [-0.15, -0.1) is 0 Å². The number of phenolic OH excluding ortho intramolecular Hbond substituents is 1. The molecule has 29 heavy (non-hydrogen) atoms. The number of benzene rings is 1. The van der Waals surface area contributed by atoms with Crippen LogP contribution in [0.25, 0.3) is 21.7 Å². The third-order valence-corrected chi connectivity index (χ3v) is 4.66. The molecular weight excluding hydrogens is 392 g/mol. The smallest absolute Gasteiger partial charge is 0.268 e. The van der Waals surface area contributed by atoms with Crippen LogP contribution in [0.3, 0.4) is 0 Å². The largest absolute Gasteiger partial charge is 0.508 e. The van der Waals surface area contributed by atoms with Gasteiger partial charge in [0.1, 0.15) is 23.7 Å². The number of nitrogens with one attached hydrogen (secondary N) is 1. The van der Waals surface area contributed by atoms with Gasteiger partial charge in [0.25, 0.3) is 5.69 Å². The monoisotopic (exact) mass is 406 g/mol. The van der Waals surface area contributed by atoms with E-state index in [1.165, 1.54) is 17.0 Å². The van der Waals surface area contributed by atoms with Gasteiger partial charge in [-0.2, -0.15) is 5.10 Å². The molecule has 0 aliphatic heterocycles. The molecule has 0 spiro atoms.